The molecule has 0 bridgehead atoms. The first-order valence-electron chi connectivity index (χ1n) is 8.29. The van der Waals surface area contributed by atoms with Gasteiger partial charge in [0.15, 0.2) is 0 Å². The van der Waals surface area contributed by atoms with Gasteiger partial charge in [0.1, 0.15) is 0 Å². The molecule has 1 unspecified atom stereocenters. The van der Waals surface area contributed by atoms with Crippen molar-refractivity contribution in [1.82, 2.24) is 5.32 Å². The van der Waals surface area contributed by atoms with E-state index >= 15 is 0 Å². The van der Waals surface area contributed by atoms with E-state index in [2.05, 4.69) is 15.4 Å². The highest BCUT2D eigenvalue weighted by Crippen LogP contribution is 2.26. The van der Waals surface area contributed by atoms with Crippen LogP contribution in [0.3, 0.4) is 0 Å². The lowest BCUT2D eigenvalue weighted by atomic mass is 9.84. The molecule has 144 valence electrons. The molecule has 0 spiro atoms. The Morgan fingerprint density at radius 1 is 1.35 bits per heavy atom. The van der Waals surface area contributed by atoms with Gasteiger partial charge < -0.3 is 15.4 Å². The second-order valence-corrected chi connectivity index (χ2v) is 6.33. The Labute approximate surface area is 158 Å². The molecule has 1 aromatic rings. The third-order valence-corrected chi connectivity index (χ3v) is 4.53. The van der Waals surface area contributed by atoms with Gasteiger partial charge in [0.25, 0.3) is 5.69 Å². The van der Waals surface area contributed by atoms with Gasteiger partial charge in [0, 0.05) is 24.2 Å². The van der Waals surface area contributed by atoms with Gasteiger partial charge in [-0.2, -0.15) is 0 Å². The van der Waals surface area contributed by atoms with Crippen LogP contribution in [0, 0.1) is 22.0 Å². The van der Waals surface area contributed by atoms with E-state index in [9.17, 15) is 19.7 Å². The van der Waals surface area contributed by atoms with Crippen molar-refractivity contribution in [3.63, 3.8) is 0 Å². The molecule has 9 heteroatoms. The molecular formula is C17H24ClN3O5. The molecule has 0 aromatic heterocycles. The minimum atomic E-state index is -0.692. The number of esters is 1. The normalized spacial score (nSPS) is 15.5. The van der Waals surface area contributed by atoms with Crippen LogP contribution in [0.1, 0.15) is 36.5 Å². The van der Waals surface area contributed by atoms with Crippen molar-refractivity contribution in [2.24, 2.45) is 11.8 Å². The van der Waals surface area contributed by atoms with Crippen molar-refractivity contribution in [3.05, 3.63) is 33.9 Å². The number of amides is 1. The van der Waals surface area contributed by atoms with Crippen LogP contribution < -0.4 is 10.6 Å². The molecule has 1 amide bonds. The Morgan fingerprint density at radius 2 is 2.00 bits per heavy atom. The lowest BCUT2D eigenvalue weighted by Crippen LogP contribution is -2.32. The summed E-state index contributed by atoms with van der Waals surface area (Å²) in [5.41, 5.74) is -0.0277. The summed E-state index contributed by atoms with van der Waals surface area (Å²) in [7, 11) is 1.19. The SMILES string of the molecule is COC(=O)c1cc(NC(=O)CC(C)C2CCNCC2)cc([N+](=O)[O-])c1.Cl. The number of rotatable bonds is 6. The van der Waals surface area contributed by atoms with E-state index in [0.717, 1.165) is 32.0 Å². The number of carbonyl (C=O) groups is 2. The maximum Gasteiger partial charge on any atom is 0.338 e. The highest BCUT2D eigenvalue weighted by Gasteiger charge is 2.22. The molecule has 0 aliphatic carbocycles. The van der Waals surface area contributed by atoms with E-state index in [0.29, 0.717) is 12.3 Å². The van der Waals surface area contributed by atoms with E-state index in [-0.39, 0.29) is 41.2 Å². The van der Waals surface area contributed by atoms with Crippen LogP contribution in [0.5, 0.6) is 0 Å². The first-order chi connectivity index (χ1) is 11.9. The zero-order chi connectivity index (χ0) is 18.4. The lowest BCUT2D eigenvalue weighted by Gasteiger charge is -2.27. The zero-order valence-corrected chi connectivity index (χ0v) is 15.6. The molecule has 1 aliphatic heterocycles. The number of methoxy groups -OCH3 is 1. The molecule has 2 N–H and O–H groups in total. The smallest absolute Gasteiger partial charge is 0.338 e. The molecule has 1 saturated heterocycles. The average molecular weight is 386 g/mol. The molecule has 2 rings (SSSR count). The molecule has 0 radical (unpaired) electrons. The van der Waals surface area contributed by atoms with Crippen LogP contribution in [-0.4, -0.2) is 37.0 Å². The lowest BCUT2D eigenvalue weighted by molar-refractivity contribution is -0.384. The van der Waals surface area contributed by atoms with Gasteiger partial charge in [0.2, 0.25) is 5.91 Å². The van der Waals surface area contributed by atoms with E-state index in [1.807, 2.05) is 6.92 Å². The van der Waals surface area contributed by atoms with Crippen molar-refractivity contribution in [1.29, 1.82) is 0 Å². The number of anilines is 1. The van der Waals surface area contributed by atoms with Crippen LogP contribution >= 0.6 is 12.4 Å². The fourth-order valence-corrected chi connectivity index (χ4v) is 3.11. The minimum absolute atomic E-state index is 0. The summed E-state index contributed by atoms with van der Waals surface area (Å²) < 4.78 is 4.59. The second kappa shape index (κ2) is 10.1. The Balaban J connectivity index is 0.00000338. The molecule has 26 heavy (non-hydrogen) atoms. The highest BCUT2D eigenvalue weighted by molar-refractivity contribution is 5.95. The number of hydrogen-bond donors (Lipinski definition) is 2. The Kier molecular flexibility index (Phi) is 8.47. The van der Waals surface area contributed by atoms with Gasteiger partial charge in [-0.05, 0) is 43.8 Å². The Morgan fingerprint density at radius 3 is 2.58 bits per heavy atom. The quantitative estimate of drug-likeness (QED) is 0.442. The number of hydrogen-bond acceptors (Lipinski definition) is 6. The van der Waals surface area contributed by atoms with Gasteiger partial charge in [0.05, 0.1) is 17.6 Å². The van der Waals surface area contributed by atoms with E-state index in [4.69, 9.17) is 0 Å². The summed E-state index contributed by atoms with van der Waals surface area (Å²) in [6.45, 7) is 3.97. The summed E-state index contributed by atoms with van der Waals surface area (Å²) in [5.74, 6) is -0.201. The van der Waals surface area contributed by atoms with Crippen LogP contribution in [0.4, 0.5) is 11.4 Å². The van der Waals surface area contributed by atoms with Crippen LogP contribution in [0.25, 0.3) is 0 Å². The first-order valence-corrected chi connectivity index (χ1v) is 8.29. The van der Waals surface area contributed by atoms with Crippen molar-refractivity contribution in [3.8, 4) is 0 Å². The summed E-state index contributed by atoms with van der Waals surface area (Å²) in [6, 6.07) is 3.74. The van der Waals surface area contributed by atoms with Gasteiger partial charge in [-0.25, -0.2) is 4.79 Å². The predicted molar refractivity (Wildman–Crippen MR) is 99.7 cm³/mol. The van der Waals surface area contributed by atoms with Crippen molar-refractivity contribution in [2.45, 2.75) is 26.2 Å². The van der Waals surface area contributed by atoms with Crippen molar-refractivity contribution < 1.29 is 19.2 Å². The van der Waals surface area contributed by atoms with Gasteiger partial charge in [-0.15, -0.1) is 12.4 Å². The fourth-order valence-electron chi connectivity index (χ4n) is 3.11. The number of benzene rings is 1. The van der Waals surface area contributed by atoms with Gasteiger partial charge >= 0.3 is 5.97 Å². The topological polar surface area (TPSA) is 111 Å². The number of piperidine rings is 1. The van der Waals surface area contributed by atoms with E-state index < -0.39 is 10.9 Å². The third kappa shape index (κ3) is 5.96. The maximum absolute atomic E-state index is 12.3. The Hall–Kier alpha value is -2.19. The maximum atomic E-state index is 12.3. The van der Waals surface area contributed by atoms with Crippen molar-refractivity contribution in [2.75, 3.05) is 25.5 Å². The number of halogens is 1. The van der Waals surface area contributed by atoms with Gasteiger partial charge in [-0.3, -0.25) is 14.9 Å². The number of nitro groups is 1. The summed E-state index contributed by atoms with van der Waals surface area (Å²) in [6.07, 6.45) is 2.41. The number of nitrogens with one attached hydrogen (secondary N) is 2. The largest absolute Gasteiger partial charge is 0.465 e. The molecule has 1 aliphatic rings. The average Bonchev–Trinajstić information content (AvgIpc) is 2.61. The molecule has 8 nitrogen and oxygen atoms in total. The number of carbonyl (C=O) groups excluding carboxylic acids is 2. The molecular weight excluding hydrogens is 362 g/mol. The number of nitro benzene ring substituents is 1. The van der Waals surface area contributed by atoms with E-state index in [1.165, 1.54) is 19.2 Å². The van der Waals surface area contributed by atoms with Crippen LogP contribution in [0.15, 0.2) is 18.2 Å². The minimum Gasteiger partial charge on any atom is -0.465 e. The first kappa shape index (κ1) is 21.9. The number of non-ortho nitro benzene ring substituents is 1. The summed E-state index contributed by atoms with van der Waals surface area (Å²) >= 11 is 0. The monoisotopic (exact) mass is 385 g/mol. The van der Waals surface area contributed by atoms with Gasteiger partial charge in [-0.1, -0.05) is 6.92 Å². The highest BCUT2D eigenvalue weighted by atomic mass is 35.5. The standard InChI is InChI=1S/C17H23N3O5.ClH/c1-11(12-3-5-18-6-4-12)7-16(21)19-14-8-13(17(22)25-2)9-15(10-14)20(23)24;/h8-12,18H,3-7H2,1-2H3,(H,19,21);1H. The molecule has 1 fully saturated rings. The second-order valence-electron chi connectivity index (χ2n) is 6.33. The van der Waals surface area contributed by atoms with Crippen LogP contribution in [0.2, 0.25) is 0 Å². The van der Waals surface area contributed by atoms with E-state index in [1.54, 1.807) is 0 Å². The Bertz CT molecular complexity index is 662. The molecule has 0 saturated carbocycles. The third-order valence-electron chi connectivity index (χ3n) is 4.53. The summed E-state index contributed by atoms with van der Waals surface area (Å²) in [5, 5.41) is 17.0. The predicted octanol–water partition coefficient (Wildman–Crippen LogP) is 2.77. The molecule has 1 atom stereocenters. The number of nitrogens with zero attached hydrogens (tertiary/aromatic N) is 1. The zero-order valence-electron chi connectivity index (χ0n) is 14.8. The number of ether oxygens (including phenoxy) is 1. The van der Waals surface area contributed by atoms with Crippen molar-refractivity contribution >= 4 is 35.7 Å². The fraction of sp³-hybridized carbons (Fsp3) is 0.529. The summed E-state index contributed by atoms with van der Waals surface area (Å²) in [4.78, 5) is 34.3. The molecule has 1 heterocycles. The van der Waals surface area contributed by atoms with Crippen LogP contribution in [-0.2, 0) is 9.53 Å². The molecule has 1 aromatic carbocycles.